The molecule has 3 heterocycles. The van der Waals surface area contributed by atoms with Gasteiger partial charge in [0.15, 0.2) is 5.69 Å². The van der Waals surface area contributed by atoms with Gasteiger partial charge in [-0.3, -0.25) is 19.8 Å². The van der Waals surface area contributed by atoms with Crippen LogP contribution in [0.3, 0.4) is 0 Å². The minimum atomic E-state index is -0.189. The zero-order valence-electron chi connectivity index (χ0n) is 37.3. The molecule has 0 aromatic carbocycles. The Morgan fingerprint density at radius 2 is 1.21 bits per heavy atom. The fourth-order valence-corrected chi connectivity index (χ4v) is 15.0. The largest absolute Gasteiger partial charge is 0.408 e. The molecule has 1 aliphatic heterocycles. The van der Waals surface area contributed by atoms with Crippen molar-refractivity contribution in [2.45, 2.75) is 124 Å². The second-order valence-corrected chi connectivity index (χ2v) is 21.4. The highest BCUT2D eigenvalue weighted by Gasteiger charge is 2.59. The zero-order chi connectivity index (χ0) is 43.5. The summed E-state index contributed by atoms with van der Waals surface area (Å²) in [6.07, 6.45) is 14.7. The molecule has 12 nitrogen and oxygen atoms in total. The van der Waals surface area contributed by atoms with Crippen LogP contribution in [0.1, 0.15) is 131 Å². The van der Waals surface area contributed by atoms with Gasteiger partial charge >= 0.3 is 0 Å². The smallest absolute Gasteiger partial charge is 0.299 e. The molecule has 4 saturated carbocycles. The molecule has 0 unspecified atom stereocenters. The van der Waals surface area contributed by atoms with Crippen LogP contribution in [-0.2, 0) is 30.5 Å². The second kappa shape index (κ2) is 17.0. The first-order chi connectivity index (χ1) is 29.2. The highest BCUT2D eigenvalue weighted by atomic mass is 16.5. The van der Waals surface area contributed by atoms with Crippen LogP contribution in [0.2, 0.25) is 0 Å². The molecule has 0 bridgehead atoms. The van der Waals surface area contributed by atoms with Crippen molar-refractivity contribution in [3.8, 4) is 5.88 Å². The normalized spacial score (nSPS) is 39.4. The van der Waals surface area contributed by atoms with E-state index in [-0.39, 0.29) is 77.7 Å². The summed E-state index contributed by atoms with van der Waals surface area (Å²) in [5.74, 6) is 2.48. The topological polar surface area (TPSA) is 185 Å². The maximum atomic E-state index is 13.4. The van der Waals surface area contributed by atoms with Gasteiger partial charge in [0, 0.05) is 62.0 Å². The Bertz CT molecular complexity index is 1970. The molecule has 6 aliphatic carbocycles. The lowest BCUT2D eigenvalue weighted by Crippen LogP contribution is -2.52. The summed E-state index contributed by atoms with van der Waals surface area (Å²) in [6, 6.07) is 0. The van der Waals surface area contributed by atoms with Gasteiger partial charge in [-0.2, -0.15) is 5.10 Å². The Morgan fingerprint density at radius 3 is 1.70 bits per heavy atom. The van der Waals surface area contributed by atoms with Crippen molar-refractivity contribution in [1.29, 1.82) is 0 Å². The van der Waals surface area contributed by atoms with Crippen LogP contribution in [0.5, 0.6) is 5.88 Å². The molecule has 1 amide bonds. The highest BCUT2D eigenvalue weighted by Crippen LogP contribution is 2.64. The van der Waals surface area contributed by atoms with E-state index in [4.69, 9.17) is 4.74 Å². The molecule has 5 fully saturated rings. The quantitative estimate of drug-likeness (QED) is 0.123. The number of nitrogens with one attached hydrogen (secondary N) is 2. The molecular formula is C49H73N5O7. The summed E-state index contributed by atoms with van der Waals surface area (Å²) in [7, 11) is 0. The van der Waals surface area contributed by atoms with E-state index in [1.807, 2.05) is 4.90 Å². The van der Waals surface area contributed by atoms with E-state index >= 15 is 0 Å². The minimum Gasteiger partial charge on any atom is -0.408 e. The van der Waals surface area contributed by atoms with Gasteiger partial charge in [0.1, 0.15) is 0 Å². The predicted molar refractivity (Wildman–Crippen MR) is 232 cm³/mol. The SMILES string of the molecule is C=C1CC[C@H]2[C@H](CO)[C@@H]([C@@]3(C)Cc4c(C(=O)N5CCCCC5)n[nH]c4C[C@@H]3CO)CC[C@]12C.C=C1CC[C@H]2[C@H](CO)[C@@H]([C@@]3(C)Cc4c(OC=O)n[nH]c4C[C@@H]3CO)CC[C@]12C. The van der Waals surface area contributed by atoms with Crippen molar-refractivity contribution < 1.29 is 34.8 Å². The zero-order valence-corrected chi connectivity index (χ0v) is 37.3. The van der Waals surface area contributed by atoms with Crippen LogP contribution in [0.25, 0.3) is 0 Å². The van der Waals surface area contributed by atoms with Crippen LogP contribution in [0.4, 0.5) is 0 Å². The number of aromatic nitrogens is 4. The maximum absolute atomic E-state index is 13.4. The third kappa shape index (κ3) is 7.18. The van der Waals surface area contributed by atoms with E-state index in [9.17, 15) is 30.0 Å². The van der Waals surface area contributed by atoms with Gasteiger partial charge in [-0.05, 0) is 165 Å². The first-order valence-electron chi connectivity index (χ1n) is 23.5. The van der Waals surface area contributed by atoms with Gasteiger partial charge in [0.2, 0.25) is 5.88 Å². The van der Waals surface area contributed by atoms with Crippen molar-refractivity contribution in [3.63, 3.8) is 0 Å². The number of aromatic amines is 2. The minimum absolute atomic E-state index is 0.0546. The molecular weight excluding hydrogens is 771 g/mol. The molecule has 2 aromatic heterocycles. The van der Waals surface area contributed by atoms with Crippen LogP contribution in [-0.4, -0.2) is 97.6 Å². The van der Waals surface area contributed by atoms with Gasteiger partial charge in [0.05, 0.1) is 0 Å². The Hall–Kier alpha value is -3.32. The van der Waals surface area contributed by atoms with Crippen LogP contribution in [0.15, 0.2) is 24.3 Å². The number of amides is 1. The van der Waals surface area contributed by atoms with Gasteiger partial charge in [-0.1, -0.05) is 52.0 Å². The average molecular weight is 844 g/mol. The summed E-state index contributed by atoms with van der Waals surface area (Å²) in [5.41, 5.74) is 7.11. The molecule has 12 heteroatoms. The summed E-state index contributed by atoms with van der Waals surface area (Å²) in [4.78, 5) is 26.2. The number of aliphatic hydroxyl groups excluding tert-OH is 4. The molecule has 1 saturated heterocycles. The summed E-state index contributed by atoms with van der Waals surface area (Å²) in [6.45, 7) is 20.6. The molecule has 9 rings (SSSR count). The number of piperidine rings is 1. The van der Waals surface area contributed by atoms with E-state index in [2.05, 4.69) is 61.2 Å². The summed E-state index contributed by atoms with van der Waals surface area (Å²) in [5, 5.41) is 56.5. The van der Waals surface area contributed by atoms with Crippen molar-refractivity contribution in [2.75, 3.05) is 39.5 Å². The first kappa shape index (κ1) is 44.3. The van der Waals surface area contributed by atoms with E-state index in [0.29, 0.717) is 61.0 Å². The predicted octanol–water partition coefficient (Wildman–Crippen LogP) is 6.39. The number of nitrogens with zero attached hydrogens (tertiary/aromatic N) is 3. The standard InChI is InChI=1S/C27H41N3O3.C22H32N2O4/c1-17-7-8-21-20(16-32)22(9-10-26(17,21)2)27(3)14-19-23(13-18(27)15-31)28-29-24(19)25(33)30-11-5-4-6-12-30;1-13-4-5-17-16(11-26)18(6-7-21(13,17)2)22(3)9-15-19(8-14(22)10-25)23-24-20(15)28-12-27/h18,20-22,31-32H,1,4-16H2,2-3H3,(H,28,29);12,14,16-18,25-26H,1,4-11H2,2-3H3,(H,23,24)/t18-,20+,21+,22+,26-,27+;14-,16+,17+,18+,21-,22+/m11/s1. The van der Waals surface area contributed by atoms with Crippen LogP contribution in [0, 0.1) is 69.0 Å². The van der Waals surface area contributed by atoms with Crippen molar-refractivity contribution >= 4 is 12.4 Å². The number of carbonyl (C=O) groups excluding carboxylic acids is 2. The average Bonchev–Trinajstić information content (AvgIpc) is 4.02. The number of allylic oxidation sites excluding steroid dienone is 2. The number of aliphatic hydroxyl groups is 4. The van der Waals surface area contributed by atoms with Gasteiger partial charge in [0.25, 0.3) is 12.4 Å². The molecule has 2 aromatic rings. The van der Waals surface area contributed by atoms with Crippen molar-refractivity contribution in [3.05, 3.63) is 52.5 Å². The Labute approximate surface area is 362 Å². The Balaban J connectivity index is 0.000000171. The number of likely N-dealkylation sites (tertiary alicyclic amines) is 1. The molecule has 61 heavy (non-hydrogen) atoms. The number of fused-ring (bicyclic) bond motifs is 4. The van der Waals surface area contributed by atoms with Crippen LogP contribution >= 0.6 is 0 Å². The van der Waals surface area contributed by atoms with Gasteiger partial charge in [-0.25, -0.2) is 0 Å². The molecule has 0 radical (unpaired) electrons. The third-order valence-corrected chi connectivity index (χ3v) is 19.1. The molecule has 12 atom stereocenters. The lowest BCUT2D eigenvalue weighted by Gasteiger charge is -2.55. The number of ether oxygens (including phenoxy) is 1. The van der Waals surface area contributed by atoms with Crippen LogP contribution < -0.4 is 4.74 Å². The highest BCUT2D eigenvalue weighted by molar-refractivity contribution is 5.94. The lowest BCUT2D eigenvalue weighted by atomic mass is 9.49. The number of hydrogen-bond acceptors (Lipinski definition) is 9. The summed E-state index contributed by atoms with van der Waals surface area (Å²) >= 11 is 0. The fraction of sp³-hybridized carbons (Fsp3) is 0.755. The molecule has 336 valence electrons. The Morgan fingerprint density at radius 1 is 0.721 bits per heavy atom. The van der Waals surface area contributed by atoms with E-state index in [1.54, 1.807) is 0 Å². The number of H-pyrrole nitrogens is 2. The van der Waals surface area contributed by atoms with E-state index in [1.165, 1.54) is 17.6 Å². The van der Waals surface area contributed by atoms with E-state index < -0.39 is 0 Å². The number of rotatable bonds is 9. The second-order valence-electron chi connectivity index (χ2n) is 21.4. The fourth-order valence-electron chi connectivity index (χ4n) is 15.0. The monoisotopic (exact) mass is 844 g/mol. The molecule has 0 spiro atoms. The third-order valence-electron chi connectivity index (χ3n) is 19.1. The molecule has 6 N–H and O–H groups in total. The Kier molecular flexibility index (Phi) is 12.3. The van der Waals surface area contributed by atoms with Crippen molar-refractivity contribution in [2.24, 2.45) is 69.0 Å². The van der Waals surface area contributed by atoms with Crippen molar-refractivity contribution in [1.82, 2.24) is 25.3 Å². The first-order valence-corrected chi connectivity index (χ1v) is 23.5. The van der Waals surface area contributed by atoms with Gasteiger partial charge in [-0.15, -0.1) is 5.10 Å². The summed E-state index contributed by atoms with van der Waals surface area (Å²) < 4.78 is 5.10. The van der Waals surface area contributed by atoms with Gasteiger partial charge < -0.3 is 30.1 Å². The maximum Gasteiger partial charge on any atom is 0.299 e. The molecule has 7 aliphatic rings. The van der Waals surface area contributed by atoms with E-state index in [0.717, 1.165) is 106 Å². The number of carbonyl (C=O) groups is 2. The number of hydrogen-bond donors (Lipinski definition) is 6. The lowest BCUT2D eigenvalue weighted by molar-refractivity contribution is -0.121.